The number of pyridine rings is 2. The summed E-state index contributed by atoms with van der Waals surface area (Å²) in [6, 6.07) is 6.18. The number of carbonyl (C=O) groups is 1. The topological polar surface area (TPSA) is 74.8 Å². The molecule has 2 heterocycles. The monoisotopic (exact) mass is 293 g/mol. The van der Waals surface area contributed by atoms with Gasteiger partial charge in [0.2, 0.25) is 5.56 Å². The molecule has 6 heteroatoms. The lowest BCUT2D eigenvalue weighted by Gasteiger charge is -2.05. The molecule has 0 aliphatic carbocycles. The van der Waals surface area contributed by atoms with Crippen LogP contribution in [0.1, 0.15) is 10.4 Å². The molecule has 0 aliphatic heterocycles. The highest BCUT2D eigenvalue weighted by atomic mass is 79.9. The van der Waals surface area contributed by atoms with E-state index in [2.05, 4.69) is 31.2 Å². The van der Waals surface area contributed by atoms with E-state index in [4.69, 9.17) is 0 Å². The Bertz CT molecular complexity index is 609. The van der Waals surface area contributed by atoms with E-state index in [-0.39, 0.29) is 11.5 Å². The predicted octanol–water partition coefficient (Wildman–Crippen LogP) is 1.78. The minimum Gasteiger partial charge on any atom is -0.329 e. The van der Waals surface area contributed by atoms with Gasteiger partial charge in [0, 0.05) is 24.0 Å². The molecule has 0 aromatic carbocycles. The molecule has 2 aromatic heterocycles. The van der Waals surface area contributed by atoms with Gasteiger partial charge in [0.1, 0.15) is 4.60 Å². The number of H-pyrrole nitrogens is 1. The number of nitrogens with one attached hydrogen (secondary N) is 2. The van der Waals surface area contributed by atoms with Crippen molar-refractivity contribution in [1.29, 1.82) is 0 Å². The van der Waals surface area contributed by atoms with Crippen LogP contribution in [0.2, 0.25) is 0 Å². The minimum absolute atomic E-state index is 0.296. The van der Waals surface area contributed by atoms with Gasteiger partial charge < -0.3 is 10.3 Å². The second-order valence-electron chi connectivity index (χ2n) is 3.24. The third kappa shape index (κ3) is 2.79. The molecular formula is C11H8BrN3O2. The Hall–Kier alpha value is -1.95. The second kappa shape index (κ2) is 4.92. The lowest BCUT2D eigenvalue weighted by Crippen LogP contribution is -2.15. The van der Waals surface area contributed by atoms with Crippen molar-refractivity contribution in [2.45, 2.75) is 0 Å². The van der Waals surface area contributed by atoms with Gasteiger partial charge in [-0.1, -0.05) is 0 Å². The maximum absolute atomic E-state index is 11.8. The van der Waals surface area contributed by atoms with Crippen LogP contribution in [-0.4, -0.2) is 15.9 Å². The van der Waals surface area contributed by atoms with E-state index < -0.39 is 0 Å². The highest BCUT2D eigenvalue weighted by molar-refractivity contribution is 9.10. The summed E-state index contributed by atoms with van der Waals surface area (Å²) in [6.07, 6.45) is 3.03. The molecule has 5 nitrogen and oxygen atoms in total. The molecule has 2 N–H and O–H groups in total. The van der Waals surface area contributed by atoms with E-state index in [1.165, 1.54) is 18.3 Å². The summed E-state index contributed by atoms with van der Waals surface area (Å²) in [5, 5.41) is 2.65. The highest BCUT2D eigenvalue weighted by Crippen LogP contribution is 2.18. The first-order valence-electron chi connectivity index (χ1n) is 4.77. The third-order valence-electron chi connectivity index (χ3n) is 2.04. The van der Waals surface area contributed by atoms with Gasteiger partial charge in [0.15, 0.2) is 0 Å². The van der Waals surface area contributed by atoms with Crippen molar-refractivity contribution in [2.24, 2.45) is 0 Å². The van der Waals surface area contributed by atoms with Crippen LogP contribution in [0, 0.1) is 0 Å². The number of hydrogen-bond donors (Lipinski definition) is 2. The number of carbonyl (C=O) groups excluding carboxylic acids is 1. The summed E-state index contributed by atoms with van der Waals surface area (Å²) in [7, 11) is 0. The van der Waals surface area contributed by atoms with Crippen molar-refractivity contribution in [3.05, 3.63) is 57.2 Å². The van der Waals surface area contributed by atoms with Crippen LogP contribution in [0.4, 0.5) is 5.69 Å². The first kappa shape index (κ1) is 11.5. The van der Waals surface area contributed by atoms with Gasteiger partial charge in [-0.15, -0.1) is 0 Å². The molecule has 0 bridgehead atoms. The van der Waals surface area contributed by atoms with E-state index in [0.717, 1.165) is 0 Å². The number of rotatable bonds is 2. The number of halogens is 1. The van der Waals surface area contributed by atoms with Crippen molar-refractivity contribution in [2.75, 3.05) is 5.32 Å². The molecule has 86 valence electrons. The first-order chi connectivity index (χ1) is 8.16. The quantitative estimate of drug-likeness (QED) is 0.829. The van der Waals surface area contributed by atoms with Crippen molar-refractivity contribution < 1.29 is 4.79 Å². The summed E-state index contributed by atoms with van der Waals surface area (Å²) >= 11 is 3.22. The van der Waals surface area contributed by atoms with Crippen LogP contribution in [0.3, 0.4) is 0 Å². The molecule has 0 atom stereocenters. The highest BCUT2D eigenvalue weighted by Gasteiger charge is 2.08. The summed E-state index contributed by atoms with van der Waals surface area (Å²) in [4.78, 5) is 29.3. The largest absolute Gasteiger partial charge is 0.329 e. The lowest BCUT2D eigenvalue weighted by molar-refractivity contribution is 0.102. The van der Waals surface area contributed by atoms with E-state index in [0.29, 0.717) is 15.9 Å². The lowest BCUT2D eigenvalue weighted by atomic mass is 10.2. The summed E-state index contributed by atoms with van der Waals surface area (Å²) in [6.45, 7) is 0. The van der Waals surface area contributed by atoms with Crippen LogP contribution in [0.25, 0.3) is 0 Å². The standard InChI is InChI=1S/C11H8BrN3O2/c12-10-8(2-1-4-14-10)15-11(17)7-3-5-13-9(16)6-7/h1-6H,(H,13,16)(H,15,17). The Labute approximate surface area is 105 Å². The van der Waals surface area contributed by atoms with Crippen molar-refractivity contribution in [3.8, 4) is 0 Å². The van der Waals surface area contributed by atoms with Gasteiger partial charge >= 0.3 is 0 Å². The van der Waals surface area contributed by atoms with Crippen molar-refractivity contribution in [3.63, 3.8) is 0 Å². The molecule has 0 spiro atoms. The maximum Gasteiger partial charge on any atom is 0.255 e. The molecule has 0 unspecified atom stereocenters. The summed E-state index contributed by atoms with van der Waals surface area (Å²) in [5.74, 6) is -0.357. The smallest absolute Gasteiger partial charge is 0.255 e. The van der Waals surface area contributed by atoms with Gasteiger partial charge in [0.25, 0.3) is 5.91 Å². The van der Waals surface area contributed by atoms with E-state index >= 15 is 0 Å². The normalized spacial score (nSPS) is 9.94. The summed E-state index contributed by atoms with van der Waals surface area (Å²) in [5.41, 5.74) is 0.533. The molecular weight excluding hydrogens is 286 g/mol. The number of nitrogens with zero attached hydrogens (tertiary/aromatic N) is 1. The predicted molar refractivity (Wildman–Crippen MR) is 67.0 cm³/mol. The summed E-state index contributed by atoms with van der Waals surface area (Å²) < 4.78 is 0.540. The van der Waals surface area contributed by atoms with E-state index in [1.54, 1.807) is 18.3 Å². The molecule has 0 saturated heterocycles. The molecule has 0 aliphatic rings. The maximum atomic E-state index is 11.8. The van der Waals surface area contributed by atoms with Gasteiger partial charge in [-0.05, 0) is 34.1 Å². The Morgan fingerprint density at radius 2 is 2.24 bits per heavy atom. The van der Waals surface area contributed by atoms with Crippen LogP contribution >= 0.6 is 15.9 Å². The Morgan fingerprint density at radius 3 is 2.94 bits per heavy atom. The average molecular weight is 294 g/mol. The number of aromatic nitrogens is 2. The number of hydrogen-bond acceptors (Lipinski definition) is 3. The van der Waals surface area contributed by atoms with Crippen LogP contribution in [-0.2, 0) is 0 Å². The molecule has 2 rings (SSSR count). The number of aromatic amines is 1. The van der Waals surface area contributed by atoms with Gasteiger partial charge in [0.05, 0.1) is 5.69 Å². The fourth-order valence-electron chi connectivity index (χ4n) is 1.26. The Kier molecular flexibility index (Phi) is 3.34. The zero-order valence-corrected chi connectivity index (χ0v) is 10.2. The SMILES string of the molecule is O=C(Nc1cccnc1Br)c1cc[nH]c(=O)c1. The molecule has 0 radical (unpaired) electrons. The number of anilines is 1. The molecule has 2 aromatic rings. The molecule has 1 amide bonds. The van der Waals surface area contributed by atoms with E-state index in [1.807, 2.05) is 0 Å². The zero-order chi connectivity index (χ0) is 12.3. The molecule has 17 heavy (non-hydrogen) atoms. The Morgan fingerprint density at radius 1 is 1.41 bits per heavy atom. The second-order valence-corrected chi connectivity index (χ2v) is 3.99. The minimum atomic E-state index is -0.357. The number of amides is 1. The molecule has 0 saturated carbocycles. The molecule has 0 fully saturated rings. The van der Waals surface area contributed by atoms with Crippen molar-refractivity contribution in [1.82, 2.24) is 9.97 Å². The van der Waals surface area contributed by atoms with Crippen LogP contribution in [0.5, 0.6) is 0 Å². The average Bonchev–Trinajstić information content (AvgIpc) is 2.32. The van der Waals surface area contributed by atoms with Crippen LogP contribution < -0.4 is 10.9 Å². The van der Waals surface area contributed by atoms with E-state index in [9.17, 15) is 9.59 Å². The van der Waals surface area contributed by atoms with Gasteiger partial charge in [-0.2, -0.15) is 0 Å². The first-order valence-corrected chi connectivity index (χ1v) is 5.57. The fraction of sp³-hybridized carbons (Fsp3) is 0. The Balaban J connectivity index is 2.23. The fourth-order valence-corrected chi connectivity index (χ4v) is 1.61. The van der Waals surface area contributed by atoms with Gasteiger partial charge in [-0.3, -0.25) is 9.59 Å². The van der Waals surface area contributed by atoms with Crippen molar-refractivity contribution >= 4 is 27.5 Å². The third-order valence-corrected chi connectivity index (χ3v) is 2.68. The van der Waals surface area contributed by atoms with Gasteiger partial charge in [-0.25, -0.2) is 4.98 Å². The zero-order valence-electron chi connectivity index (χ0n) is 8.61. The van der Waals surface area contributed by atoms with Crippen LogP contribution in [0.15, 0.2) is 46.1 Å².